The molecule has 3 aromatic rings. The zero-order valence-electron chi connectivity index (χ0n) is 19.1. The van der Waals surface area contributed by atoms with Gasteiger partial charge in [0.2, 0.25) is 0 Å². The highest BCUT2D eigenvalue weighted by Gasteiger charge is 2.18. The number of carbonyl (C=O) groups excluding carboxylic acids is 2. The van der Waals surface area contributed by atoms with Crippen LogP contribution in [0.25, 0.3) is 0 Å². The zero-order chi connectivity index (χ0) is 24.6. The van der Waals surface area contributed by atoms with Gasteiger partial charge in [-0.25, -0.2) is 0 Å². The Labute approximate surface area is 209 Å². The van der Waals surface area contributed by atoms with Gasteiger partial charge in [0.1, 0.15) is 0 Å². The highest BCUT2D eigenvalue weighted by molar-refractivity contribution is 6.30. The van der Waals surface area contributed by atoms with Crippen molar-refractivity contribution in [3.8, 4) is 6.07 Å². The molecule has 4 rings (SSSR count). The Morgan fingerprint density at radius 3 is 2.51 bits per heavy atom. The smallest absolute Gasteiger partial charge is 0.254 e. The number of nitriles is 1. The second kappa shape index (κ2) is 11.5. The Morgan fingerprint density at radius 1 is 0.971 bits per heavy atom. The van der Waals surface area contributed by atoms with Crippen molar-refractivity contribution < 1.29 is 14.3 Å². The van der Waals surface area contributed by atoms with Crippen LogP contribution in [0.5, 0.6) is 0 Å². The molecule has 0 unspecified atom stereocenters. The predicted molar refractivity (Wildman–Crippen MR) is 134 cm³/mol. The molecule has 0 spiro atoms. The molecule has 1 aliphatic heterocycles. The lowest BCUT2D eigenvalue weighted by Gasteiger charge is -2.27. The summed E-state index contributed by atoms with van der Waals surface area (Å²) >= 11 is 5.99. The van der Waals surface area contributed by atoms with Crippen LogP contribution in [0, 0.1) is 11.3 Å². The average Bonchev–Trinajstić information content (AvgIpc) is 2.91. The molecule has 3 aromatic carbocycles. The number of carbonyl (C=O) groups is 2. The molecule has 2 amide bonds. The molecule has 0 saturated carbocycles. The summed E-state index contributed by atoms with van der Waals surface area (Å²) in [5, 5.41) is 16.1. The maximum atomic E-state index is 12.8. The molecule has 0 aromatic heterocycles. The highest BCUT2D eigenvalue weighted by atomic mass is 35.5. The Morgan fingerprint density at radius 2 is 1.74 bits per heavy atom. The third kappa shape index (κ3) is 6.38. The molecule has 2 N–H and O–H groups in total. The van der Waals surface area contributed by atoms with E-state index in [1.165, 1.54) is 0 Å². The number of halogens is 1. The first-order valence-corrected chi connectivity index (χ1v) is 11.7. The molecule has 1 fully saturated rings. The van der Waals surface area contributed by atoms with E-state index >= 15 is 0 Å². The Hall–Kier alpha value is -3.86. The molecule has 0 aliphatic carbocycles. The van der Waals surface area contributed by atoms with Crippen LogP contribution >= 0.6 is 11.6 Å². The first kappa shape index (κ1) is 24.3. The topological polar surface area (TPSA) is 94.5 Å². The van der Waals surface area contributed by atoms with E-state index in [2.05, 4.69) is 16.7 Å². The van der Waals surface area contributed by atoms with Crippen molar-refractivity contribution in [2.45, 2.75) is 13.1 Å². The molecule has 1 heterocycles. The van der Waals surface area contributed by atoms with Crippen LogP contribution in [0.4, 0.5) is 5.69 Å². The molecule has 0 bridgehead atoms. The summed E-state index contributed by atoms with van der Waals surface area (Å²) in [7, 11) is 0. The number of hydrogen-bond donors (Lipinski definition) is 2. The van der Waals surface area contributed by atoms with E-state index in [4.69, 9.17) is 16.3 Å². The third-order valence-electron chi connectivity index (χ3n) is 5.72. The zero-order valence-corrected chi connectivity index (χ0v) is 19.8. The van der Waals surface area contributed by atoms with Crippen molar-refractivity contribution in [2.24, 2.45) is 0 Å². The van der Waals surface area contributed by atoms with Gasteiger partial charge in [0.15, 0.2) is 0 Å². The molecular weight excluding hydrogens is 464 g/mol. The maximum absolute atomic E-state index is 12.8. The first-order chi connectivity index (χ1) is 17.0. The second-order valence-electron chi connectivity index (χ2n) is 8.14. The van der Waals surface area contributed by atoms with E-state index in [1.807, 2.05) is 30.3 Å². The lowest BCUT2D eigenvalue weighted by Crippen LogP contribution is -2.40. The van der Waals surface area contributed by atoms with Gasteiger partial charge in [-0.3, -0.25) is 9.59 Å². The van der Waals surface area contributed by atoms with Crippen molar-refractivity contribution in [1.29, 1.82) is 5.26 Å². The van der Waals surface area contributed by atoms with Crippen molar-refractivity contribution in [3.63, 3.8) is 0 Å². The Kier molecular flexibility index (Phi) is 7.99. The second-order valence-corrected chi connectivity index (χ2v) is 8.57. The monoisotopic (exact) mass is 488 g/mol. The molecule has 35 heavy (non-hydrogen) atoms. The maximum Gasteiger partial charge on any atom is 0.254 e. The van der Waals surface area contributed by atoms with Gasteiger partial charge in [0.05, 0.1) is 24.8 Å². The van der Waals surface area contributed by atoms with Gasteiger partial charge >= 0.3 is 0 Å². The Balaban J connectivity index is 1.44. The van der Waals surface area contributed by atoms with Gasteiger partial charge in [-0.05, 0) is 53.6 Å². The minimum atomic E-state index is -0.239. The standard InChI is InChI=1S/C27H25ClN4O3/c28-24-6-2-4-21(15-24)26(33)31-18-23-8-7-19(16-29)14-25(23)30-17-20-3-1-5-22(13-20)27(34)32-9-11-35-12-10-32/h1-8,13-15,30H,9-12,17-18H2,(H,31,33). The SMILES string of the molecule is N#Cc1ccc(CNC(=O)c2cccc(Cl)c2)c(NCc2cccc(C(=O)N3CCOCC3)c2)c1. The molecule has 1 aliphatic rings. The summed E-state index contributed by atoms with van der Waals surface area (Å²) in [5.74, 6) is -0.247. The molecule has 1 saturated heterocycles. The Bertz CT molecular complexity index is 1270. The first-order valence-electron chi connectivity index (χ1n) is 11.3. The lowest BCUT2D eigenvalue weighted by molar-refractivity contribution is 0.0303. The van der Waals surface area contributed by atoms with Gasteiger partial charge in [0, 0.05) is 48.0 Å². The summed E-state index contributed by atoms with van der Waals surface area (Å²) in [4.78, 5) is 27.1. The van der Waals surface area contributed by atoms with E-state index in [0.717, 1.165) is 16.8 Å². The number of hydrogen-bond acceptors (Lipinski definition) is 5. The lowest BCUT2D eigenvalue weighted by atomic mass is 10.1. The number of ether oxygens (including phenoxy) is 1. The van der Waals surface area contributed by atoms with Crippen LogP contribution in [0.2, 0.25) is 5.02 Å². The van der Waals surface area contributed by atoms with E-state index < -0.39 is 0 Å². The van der Waals surface area contributed by atoms with Crippen molar-refractivity contribution in [3.05, 3.63) is 99.6 Å². The van der Waals surface area contributed by atoms with E-state index in [-0.39, 0.29) is 18.4 Å². The average molecular weight is 489 g/mol. The van der Waals surface area contributed by atoms with Crippen LogP contribution < -0.4 is 10.6 Å². The fourth-order valence-corrected chi connectivity index (χ4v) is 4.02. The number of morpholine rings is 1. The minimum absolute atomic E-state index is 0.00829. The van der Waals surface area contributed by atoms with Crippen LogP contribution in [0.15, 0.2) is 66.7 Å². The predicted octanol–water partition coefficient (Wildman–Crippen LogP) is 4.23. The number of anilines is 1. The highest BCUT2D eigenvalue weighted by Crippen LogP contribution is 2.20. The molecular formula is C27H25ClN4O3. The van der Waals surface area contributed by atoms with Gasteiger partial charge in [0.25, 0.3) is 11.8 Å². The van der Waals surface area contributed by atoms with Gasteiger partial charge < -0.3 is 20.3 Å². The van der Waals surface area contributed by atoms with Gasteiger partial charge in [-0.15, -0.1) is 0 Å². The molecule has 7 nitrogen and oxygen atoms in total. The number of nitrogens with one attached hydrogen (secondary N) is 2. The van der Waals surface area contributed by atoms with Crippen LogP contribution in [0.3, 0.4) is 0 Å². The number of nitrogens with zero attached hydrogens (tertiary/aromatic N) is 2. The quantitative estimate of drug-likeness (QED) is 0.519. The van der Waals surface area contributed by atoms with Crippen LogP contribution in [-0.2, 0) is 17.8 Å². The van der Waals surface area contributed by atoms with Crippen molar-refractivity contribution >= 4 is 29.1 Å². The van der Waals surface area contributed by atoms with Crippen LogP contribution in [-0.4, -0.2) is 43.0 Å². The third-order valence-corrected chi connectivity index (χ3v) is 5.96. The summed E-state index contributed by atoms with van der Waals surface area (Å²) in [6, 6.07) is 21.7. The van der Waals surface area contributed by atoms with Crippen molar-refractivity contribution in [2.75, 3.05) is 31.6 Å². The summed E-state index contributed by atoms with van der Waals surface area (Å²) in [5.41, 5.74) is 4.11. The fourth-order valence-electron chi connectivity index (χ4n) is 3.83. The molecule has 0 atom stereocenters. The van der Waals surface area contributed by atoms with Gasteiger partial charge in [-0.2, -0.15) is 5.26 Å². The molecule has 178 valence electrons. The normalized spacial score (nSPS) is 13.1. The fraction of sp³-hybridized carbons (Fsp3) is 0.222. The van der Waals surface area contributed by atoms with E-state index in [9.17, 15) is 14.9 Å². The largest absolute Gasteiger partial charge is 0.381 e. The summed E-state index contributed by atoms with van der Waals surface area (Å²) < 4.78 is 5.33. The minimum Gasteiger partial charge on any atom is -0.381 e. The van der Waals surface area contributed by atoms with E-state index in [1.54, 1.807) is 41.3 Å². The number of amides is 2. The number of benzene rings is 3. The van der Waals surface area contributed by atoms with Gasteiger partial charge in [-0.1, -0.05) is 35.9 Å². The van der Waals surface area contributed by atoms with E-state index in [0.29, 0.717) is 54.6 Å². The summed E-state index contributed by atoms with van der Waals surface area (Å²) in [6.07, 6.45) is 0. The number of rotatable bonds is 7. The van der Waals surface area contributed by atoms with Crippen LogP contribution in [0.1, 0.15) is 37.4 Å². The molecule has 0 radical (unpaired) electrons. The summed E-state index contributed by atoms with van der Waals surface area (Å²) in [6.45, 7) is 3.01. The van der Waals surface area contributed by atoms with Crippen molar-refractivity contribution in [1.82, 2.24) is 10.2 Å². The molecule has 8 heteroatoms.